The van der Waals surface area contributed by atoms with E-state index in [1.165, 1.54) is 23.3 Å². The summed E-state index contributed by atoms with van der Waals surface area (Å²) in [5, 5.41) is 10.6. The lowest BCUT2D eigenvalue weighted by Gasteiger charge is -2.31. The van der Waals surface area contributed by atoms with Gasteiger partial charge in [-0.3, -0.25) is 0 Å². The van der Waals surface area contributed by atoms with Crippen LogP contribution in [0.15, 0.2) is 42.5 Å². The van der Waals surface area contributed by atoms with E-state index in [0.717, 1.165) is 11.1 Å². The molecule has 0 fully saturated rings. The maximum Gasteiger partial charge on any atom is 0.123 e. The molecular weight excluding hydrogens is 263 g/mol. The summed E-state index contributed by atoms with van der Waals surface area (Å²) >= 11 is 0. The molecule has 0 aliphatic carbocycles. The molecule has 0 aliphatic rings. The highest BCUT2D eigenvalue weighted by molar-refractivity contribution is 5.32. The van der Waals surface area contributed by atoms with Crippen molar-refractivity contribution < 1.29 is 9.50 Å². The first-order valence-electron chi connectivity index (χ1n) is 7.31. The van der Waals surface area contributed by atoms with Crippen LogP contribution < -0.4 is 0 Å². The Morgan fingerprint density at radius 3 is 2.19 bits per heavy atom. The predicted molar refractivity (Wildman–Crippen MR) is 85.1 cm³/mol. The Hall–Kier alpha value is -1.67. The van der Waals surface area contributed by atoms with Crippen LogP contribution in [0.5, 0.6) is 0 Å². The minimum atomic E-state index is -0.523. The third kappa shape index (κ3) is 3.51. The van der Waals surface area contributed by atoms with Crippen LogP contribution in [0.4, 0.5) is 4.39 Å². The van der Waals surface area contributed by atoms with Gasteiger partial charge in [0.15, 0.2) is 0 Å². The zero-order chi connectivity index (χ0) is 15.6. The summed E-state index contributed by atoms with van der Waals surface area (Å²) in [4.78, 5) is 0. The predicted octanol–water partition coefficient (Wildman–Crippen LogP) is 4.32. The number of hydrogen-bond acceptors (Lipinski definition) is 1. The largest absolute Gasteiger partial charge is 0.392 e. The molecule has 2 aromatic rings. The van der Waals surface area contributed by atoms with E-state index in [9.17, 15) is 9.50 Å². The number of rotatable bonds is 4. The van der Waals surface area contributed by atoms with Crippen molar-refractivity contribution in [3.8, 4) is 0 Å². The van der Waals surface area contributed by atoms with E-state index in [-0.39, 0.29) is 5.82 Å². The van der Waals surface area contributed by atoms with E-state index in [2.05, 4.69) is 32.0 Å². The van der Waals surface area contributed by atoms with Crippen LogP contribution in [-0.2, 0) is 11.8 Å². The number of aliphatic hydroxyl groups excluding tert-OH is 1. The topological polar surface area (TPSA) is 20.2 Å². The van der Waals surface area contributed by atoms with Crippen LogP contribution in [0.1, 0.15) is 36.1 Å². The zero-order valence-electron chi connectivity index (χ0n) is 13.2. The van der Waals surface area contributed by atoms with Gasteiger partial charge in [-0.2, -0.15) is 0 Å². The molecule has 0 aliphatic heterocycles. The average Bonchev–Trinajstić information content (AvgIpc) is 2.43. The van der Waals surface area contributed by atoms with Gasteiger partial charge in [0.25, 0.3) is 0 Å². The second-order valence-electron chi connectivity index (χ2n) is 6.37. The highest BCUT2D eigenvalue weighted by Crippen LogP contribution is 2.29. The van der Waals surface area contributed by atoms with Crippen molar-refractivity contribution in [2.45, 2.75) is 45.6 Å². The van der Waals surface area contributed by atoms with Crippen molar-refractivity contribution >= 4 is 0 Å². The van der Waals surface area contributed by atoms with Gasteiger partial charge in [-0.05, 0) is 54.7 Å². The molecule has 0 saturated carbocycles. The standard InChI is InChI=1S/C19H23FO/c1-13-5-6-15(11-14(13)2)12-18(21)19(3,4)16-7-9-17(20)10-8-16/h5-11,18,21H,12H2,1-4H3. The molecule has 21 heavy (non-hydrogen) atoms. The Morgan fingerprint density at radius 2 is 1.62 bits per heavy atom. The van der Waals surface area contributed by atoms with Gasteiger partial charge >= 0.3 is 0 Å². The van der Waals surface area contributed by atoms with Gasteiger partial charge in [0.1, 0.15) is 5.82 Å². The molecule has 0 saturated heterocycles. The first-order chi connectivity index (χ1) is 9.80. The molecule has 2 rings (SSSR count). The molecule has 0 aromatic heterocycles. The smallest absolute Gasteiger partial charge is 0.123 e. The number of benzene rings is 2. The number of halogens is 1. The van der Waals surface area contributed by atoms with Gasteiger partial charge in [0.2, 0.25) is 0 Å². The Bertz CT molecular complexity index is 614. The van der Waals surface area contributed by atoms with Crippen LogP contribution in [0.25, 0.3) is 0 Å². The van der Waals surface area contributed by atoms with E-state index in [0.29, 0.717) is 6.42 Å². The molecule has 112 valence electrons. The summed E-state index contributed by atoms with van der Waals surface area (Å²) in [7, 11) is 0. The van der Waals surface area contributed by atoms with Crippen LogP contribution in [0.3, 0.4) is 0 Å². The van der Waals surface area contributed by atoms with E-state index in [1.807, 2.05) is 13.8 Å². The van der Waals surface area contributed by atoms with Gasteiger partial charge in [-0.25, -0.2) is 4.39 Å². The second-order valence-corrected chi connectivity index (χ2v) is 6.37. The van der Waals surface area contributed by atoms with Crippen molar-refractivity contribution in [3.05, 3.63) is 70.5 Å². The lowest BCUT2D eigenvalue weighted by Crippen LogP contribution is -2.35. The van der Waals surface area contributed by atoms with Crippen molar-refractivity contribution in [1.82, 2.24) is 0 Å². The van der Waals surface area contributed by atoms with E-state index < -0.39 is 11.5 Å². The first kappa shape index (κ1) is 15.7. The maximum atomic E-state index is 13.0. The van der Waals surface area contributed by atoms with Crippen LogP contribution in [0, 0.1) is 19.7 Å². The monoisotopic (exact) mass is 286 g/mol. The van der Waals surface area contributed by atoms with Crippen molar-refractivity contribution in [1.29, 1.82) is 0 Å². The average molecular weight is 286 g/mol. The minimum absolute atomic E-state index is 0.252. The van der Waals surface area contributed by atoms with Crippen LogP contribution in [-0.4, -0.2) is 11.2 Å². The van der Waals surface area contributed by atoms with Gasteiger partial charge in [-0.15, -0.1) is 0 Å². The summed E-state index contributed by atoms with van der Waals surface area (Å²) in [6.45, 7) is 8.15. The SMILES string of the molecule is Cc1ccc(CC(O)C(C)(C)c2ccc(F)cc2)cc1C. The summed E-state index contributed by atoms with van der Waals surface area (Å²) < 4.78 is 13.0. The van der Waals surface area contributed by atoms with E-state index >= 15 is 0 Å². The highest BCUT2D eigenvalue weighted by atomic mass is 19.1. The molecule has 1 nitrogen and oxygen atoms in total. The summed E-state index contributed by atoms with van der Waals surface area (Å²) in [5.41, 5.74) is 4.14. The molecule has 1 unspecified atom stereocenters. The van der Waals surface area contributed by atoms with Gasteiger partial charge in [-0.1, -0.05) is 44.2 Å². The first-order valence-corrected chi connectivity index (χ1v) is 7.31. The van der Waals surface area contributed by atoms with Crippen LogP contribution in [0.2, 0.25) is 0 Å². The molecular formula is C19H23FO. The zero-order valence-corrected chi connectivity index (χ0v) is 13.2. The fourth-order valence-corrected chi connectivity index (χ4v) is 2.48. The molecule has 0 radical (unpaired) electrons. The number of aliphatic hydroxyl groups is 1. The van der Waals surface area contributed by atoms with Gasteiger partial charge in [0, 0.05) is 5.41 Å². The molecule has 2 aromatic carbocycles. The summed E-state index contributed by atoms with van der Waals surface area (Å²) in [6.07, 6.45) is 0.0657. The molecule has 0 bridgehead atoms. The number of hydrogen-bond donors (Lipinski definition) is 1. The molecule has 0 amide bonds. The Labute approximate surface area is 126 Å². The lowest BCUT2D eigenvalue weighted by atomic mass is 9.77. The molecule has 1 atom stereocenters. The Morgan fingerprint density at radius 1 is 1.00 bits per heavy atom. The fourth-order valence-electron chi connectivity index (χ4n) is 2.48. The quantitative estimate of drug-likeness (QED) is 0.887. The van der Waals surface area contributed by atoms with Crippen molar-refractivity contribution in [3.63, 3.8) is 0 Å². The van der Waals surface area contributed by atoms with E-state index in [4.69, 9.17) is 0 Å². The third-order valence-corrected chi connectivity index (χ3v) is 4.42. The van der Waals surface area contributed by atoms with Crippen LogP contribution >= 0.6 is 0 Å². The molecule has 1 N–H and O–H groups in total. The van der Waals surface area contributed by atoms with Crippen molar-refractivity contribution in [2.24, 2.45) is 0 Å². The third-order valence-electron chi connectivity index (χ3n) is 4.42. The normalized spacial score (nSPS) is 13.2. The highest BCUT2D eigenvalue weighted by Gasteiger charge is 2.29. The number of aryl methyl sites for hydroxylation is 2. The Balaban J connectivity index is 2.19. The second kappa shape index (κ2) is 5.98. The summed E-state index contributed by atoms with van der Waals surface area (Å²) in [6, 6.07) is 12.7. The fraction of sp³-hybridized carbons (Fsp3) is 0.368. The van der Waals surface area contributed by atoms with Gasteiger partial charge < -0.3 is 5.11 Å². The lowest BCUT2D eigenvalue weighted by molar-refractivity contribution is 0.0999. The molecule has 0 heterocycles. The summed E-state index contributed by atoms with van der Waals surface area (Å²) in [5.74, 6) is -0.252. The maximum absolute atomic E-state index is 13.0. The molecule has 0 spiro atoms. The van der Waals surface area contributed by atoms with Gasteiger partial charge in [0.05, 0.1) is 6.10 Å². The van der Waals surface area contributed by atoms with Crippen molar-refractivity contribution in [2.75, 3.05) is 0 Å². The van der Waals surface area contributed by atoms with E-state index in [1.54, 1.807) is 12.1 Å². The molecule has 2 heteroatoms. The minimum Gasteiger partial charge on any atom is -0.392 e. The Kier molecular flexibility index (Phi) is 4.48.